The van der Waals surface area contributed by atoms with E-state index in [-0.39, 0.29) is 17.1 Å². The van der Waals surface area contributed by atoms with Crippen molar-refractivity contribution in [3.63, 3.8) is 0 Å². The molecule has 0 atom stereocenters. The summed E-state index contributed by atoms with van der Waals surface area (Å²) < 4.78 is 28.2. The van der Waals surface area contributed by atoms with Gasteiger partial charge in [-0.2, -0.15) is 0 Å². The highest BCUT2D eigenvalue weighted by molar-refractivity contribution is 6.33. The van der Waals surface area contributed by atoms with Gasteiger partial charge in [-0.25, -0.2) is 13.8 Å². The van der Waals surface area contributed by atoms with Gasteiger partial charge in [0.1, 0.15) is 5.82 Å². The quantitative estimate of drug-likeness (QED) is 0.814. The number of amides is 1. The minimum absolute atomic E-state index is 0.0633. The van der Waals surface area contributed by atoms with Gasteiger partial charge in [-0.1, -0.05) is 11.6 Å². The largest absolute Gasteiger partial charge is 0.337 e. The maximum absolute atomic E-state index is 13.3. The van der Waals surface area contributed by atoms with Crippen molar-refractivity contribution in [3.8, 4) is 0 Å². The number of carbonyl (C=O) groups excluding carboxylic acids is 1. The monoisotopic (exact) mass is 313 g/mol. The third-order valence-electron chi connectivity index (χ3n) is 3.16. The first kappa shape index (κ1) is 15.4. The summed E-state index contributed by atoms with van der Waals surface area (Å²) in [5.41, 5.74) is -0.0633. The summed E-state index contributed by atoms with van der Waals surface area (Å²) in [4.78, 5) is 18.0. The zero-order chi connectivity index (χ0) is 15.6. The van der Waals surface area contributed by atoms with E-state index in [1.165, 1.54) is 4.90 Å². The van der Waals surface area contributed by atoms with Crippen molar-refractivity contribution in [2.45, 2.75) is 13.5 Å². The van der Waals surface area contributed by atoms with Gasteiger partial charge in [-0.3, -0.25) is 4.79 Å². The molecule has 2 rings (SSSR count). The van der Waals surface area contributed by atoms with Crippen LogP contribution in [0.25, 0.3) is 0 Å². The number of hydrogen-bond acceptors (Lipinski definition) is 2. The molecule has 0 aliphatic rings. The lowest BCUT2D eigenvalue weighted by atomic mass is 10.2. The molecule has 0 N–H and O–H groups in total. The summed E-state index contributed by atoms with van der Waals surface area (Å²) in [7, 11) is 1.81. The van der Waals surface area contributed by atoms with Gasteiger partial charge in [0.05, 0.1) is 17.1 Å². The Bertz CT molecular complexity index is 672. The van der Waals surface area contributed by atoms with Crippen LogP contribution in [0, 0.1) is 11.6 Å². The van der Waals surface area contributed by atoms with Crippen molar-refractivity contribution in [1.29, 1.82) is 0 Å². The molecule has 1 aromatic carbocycles. The second kappa shape index (κ2) is 6.22. The number of nitrogens with zero attached hydrogens (tertiary/aromatic N) is 3. The lowest BCUT2D eigenvalue weighted by Crippen LogP contribution is -2.31. The van der Waals surface area contributed by atoms with E-state index in [4.69, 9.17) is 11.6 Å². The van der Waals surface area contributed by atoms with Crippen molar-refractivity contribution in [2.24, 2.45) is 7.05 Å². The first-order valence-corrected chi connectivity index (χ1v) is 6.71. The summed E-state index contributed by atoms with van der Waals surface area (Å²) in [6.07, 6.45) is 3.39. The fourth-order valence-corrected chi connectivity index (χ4v) is 2.13. The highest BCUT2D eigenvalue weighted by Crippen LogP contribution is 2.22. The molecule has 1 aromatic heterocycles. The minimum Gasteiger partial charge on any atom is -0.337 e. The van der Waals surface area contributed by atoms with Crippen molar-refractivity contribution >= 4 is 17.5 Å². The smallest absolute Gasteiger partial charge is 0.255 e. The van der Waals surface area contributed by atoms with E-state index >= 15 is 0 Å². The van der Waals surface area contributed by atoms with Crippen LogP contribution in [0.3, 0.4) is 0 Å². The summed E-state index contributed by atoms with van der Waals surface area (Å²) in [6, 6.07) is 1.62. The SMILES string of the molecule is CCN(Cc1nccn1C)C(=O)c1cc(F)c(F)cc1Cl. The summed E-state index contributed by atoms with van der Waals surface area (Å²) in [5, 5.41) is -0.114. The first-order chi connectivity index (χ1) is 9.93. The fraction of sp³-hybridized carbons (Fsp3) is 0.286. The Hall–Kier alpha value is -1.95. The second-order valence-electron chi connectivity index (χ2n) is 4.52. The topological polar surface area (TPSA) is 38.1 Å². The third-order valence-corrected chi connectivity index (χ3v) is 3.48. The molecule has 0 bridgehead atoms. The number of aryl methyl sites for hydroxylation is 1. The predicted octanol–water partition coefficient (Wildman–Crippen LogP) is 3.01. The van der Waals surface area contributed by atoms with Gasteiger partial charge in [0, 0.05) is 26.0 Å². The van der Waals surface area contributed by atoms with E-state index in [1.807, 2.05) is 7.05 Å². The number of carbonyl (C=O) groups is 1. The van der Waals surface area contributed by atoms with Crippen LogP contribution >= 0.6 is 11.6 Å². The van der Waals surface area contributed by atoms with Crippen LogP contribution in [-0.2, 0) is 13.6 Å². The highest BCUT2D eigenvalue weighted by atomic mass is 35.5. The Morgan fingerprint density at radius 1 is 1.38 bits per heavy atom. The first-order valence-electron chi connectivity index (χ1n) is 6.34. The van der Waals surface area contributed by atoms with E-state index in [9.17, 15) is 13.6 Å². The standard InChI is InChI=1S/C14H14ClF2N3O/c1-3-20(8-13-18-4-5-19(13)2)14(21)9-6-11(16)12(17)7-10(9)15/h4-7H,3,8H2,1-2H3. The summed E-state index contributed by atoms with van der Waals surface area (Å²) >= 11 is 5.84. The zero-order valence-corrected chi connectivity index (χ0v) is 12.4. The molecule has 0 saturated carbocycles. The number of benzene rings is 1. The molecule has 0 spiro atoms. The zero-order valence-electron chi connectivity index (χ0n) is 11.6. The van der Waals surface area contributed by atoms with Gasteiger partial charge in [-0.05, 0) is 19.1 Å². The average molecular weight is 314 g/mol. The highest BCUT2D eigenvalue weighted by Gasteiger charge is 2.21. The predicted molar refractivity (Wildman–Crippen MR) is 75.0 cm³/mol. The molecular formula is C14H14ClF2N3O. The minimum atomic E-state index is -1.10. The fourth-order valence-electron chi connectivity index (χ4n) is 1.90. The van der Waals surface area contributed by atoms with Crippen molar-refractivity contribution in [2.75, 3.05) is 6.54 Å². The number of aromatic nitrogens is 2. The molecule has 21 heavy (non-hydrogen) atoms. The van der Waals surface area contributed by atoms with Gasteiger partial charge in [0.25, 0.3) is 5.91 Å². The third kappa shape index (κ3) is 3.21. The molecule has 1 amide bonds. The molecule has 112 valence electrons. The molecule has 4 nitrogen and oxygen atoms in total. The van der Waals surface area contributed by atoms with Crippen LogP contribution in [-0.4, -0.2) is 26.9 Å². The molecule has 0 unspecified atom stereocenters. The van der Waals surface area contributed by atoms with Crippen molar-refractivity contribution < 1.29 is 13.6 Å². The van der Waals surface area contributed by atoms with Crippen molar-refractivity contribution in [1.82, 2.24) is 14.5 Å². The molecule has 2 aromatic rings. The van der Waals surface area contributed by atoms with Crippen LogP contribution in [0.5, 0.6) is 0 Å². The van der Waals surface area contributed by atoms with Gasteiger partial charge in [-0.15, -0.1) is 0 Å². The van der Waals surface area contributed by atoms with Crippen LogP contribution in [0.4, 0.5) is 8.78 Å². The lowest BCUT2D eigenvalue weighted by molar-refractivity contribution is 0.0747. The Kier molecular flexibility index (Phi) is 4.57. The second-order valence-corrected chi connectivity index (χ2v) is 4.93. The Morgan fingerprint density at radius 3 is 2.62 bits per heavy atom. The Morgan fingerprint density at radius 2 is 2.05 bits per heavy atom. The molecule has 0 saturated heterocycles. The summed E-state index contributed by atoms with van der Waals surface area (Å²) in [5.74, 6) is -1.96. The average Bonchev–Trinajstić information content (AvgIpc) is 2.84. The van der Waals surface area contributed by atoms with E-state index in [1.54, 1.807) is 23.9 Å². The van der Waals surface area contributed by atoms with E-state index in [0.717, 1.165) is 12.1 Å². The Balaban J connectivity index is 2.28. The van der Waals surface area contributed by atoms with Crippen LogP contribution < -0.4 is 0 Å². The maximum Gasteiger partial charge on any atom is 0.255 e. The molecule has 0 aliphatic carbocycles. The maximum atomic E-state index is 13.3. The number of imidazole rings is 1. The van der Waals surface area contributed by atoms with Crippen LogP contribution in [0.1, 0.15) is 23.1 Å². The molecule has 0 fully saturated rings. The lowest BCUT2D eigenvalue weighted by Gasteiger charge is -2.21. The van der Waals surface area contributed by atoms with Gasteiger partial charge >= 0.3 is 0 Å². The molecule has 0 aliphatic heterocycles. The van der Waals surface area contributed by atoms with E-state index in [2.05, 4.69) is 4.98 Å². The normalized spacial score (nSPS) is 10.7. The van der Waals surface area contributed by atoms with Crippen LogP contribution in [0.15, 0.2) is 24.5 Å². The number of rotatable bonds is 4. The van der Waals surface area contributed by atoms with Gasteiger partial charge in [0.2, 0.25) is 0 Å². The summed E-state index contributed by atoms with van der Waals surface area (Å²) in [6.45, 7) is 2.43. The van der Waals surface area contributed by atoms with E-state index in [0.29, 0.717) is 12.4 Å². The molecule has 7 heteroatoms. The van der Waals surface area contributed by atoms with Crippen LogP contribution in [0.2, 0.25) is 5.02 Å². The van der Waals surface area contributed by atoms with Gasteiger partial charge in [0.15, 0.2) is 11.6 Å². The van der Waals surface area contributed by atoms with E-state index < -0.39 is 17.5 Å². The van der Waals surface area contributed by atoms with Crippen molar-refractivity contribution in [3.05, 3.63) is 52.6 Å². The number of halogens is 3. The number of hydrogen-bond donors (Lipinski definition) is 0. The molecule has 1 heterocycles. The van der Waals surface area contributed by atoms with Gasteiger partial charge < -0.3 is 9.47 Å². The Labute approximate surface area is 126 Å². The molecule has 0 radical (unpaired) electrons. The molecular weight excluding hydrogens is 300 g/mol.